The lowest BCUT2D eigenvalue weighted by molar-refractivity contribution is 0.426. The fourth-order valence-corrected chi connectivity index (χ4v) is 2.91. The van der Waals surface area contributed by atoms with Crippen LogP contribution in [-0.4, -0.2) is 15.4 Å². The lowest BCUT2D eigenvalue weighted by atomic mass is 10.2. The van der Waals surface area contributed by atoms with Gasteiger partial charge in [-0.3, -0.25) is 0 Å². The highest BCUT2D eigenvalue weighted by molar-refractivity contribution is 7.98. The second-order valence-corrected chi connectivity index (χ2v) is 6.12. The van der Waals surface area contributed by atoms with Gasteiger partial charge in [0, 0.05) is 17.4 Å². The van der Waals surface area contributed by atoms with Crippen LogP contribution in [0.15, 0.2) is 74.8 Å². The highest BCUT2D eigenvalue weighted by Crippen LogP contribution is 2.28. The molecule has 0 atom stereocenters. The van der Waals surface area contributed by atoms with Crippen molar-refractivity contribution in [3.8, 4) is 22.8 Å². The van der Waals surface area contributed by atoms with Crippen molar-refractivity contribution in [1.29, 1.82) is 0 Å². The van der Waals surface area contributed by atoms with Crippen LogP contribution < -0.4 is 0 Å². The van der Waals surface area contributed by atoms with Crippen molar-refractivity contribution in [2.45, 2.75) is 11.0 Å². The van der Waals surface area contributed by atoms with Gasteiger partial charge < -0.3 is 8.94 Å². The zero-order valence-corrected chi connectivity index (χ0v) is 13.7. The van der Waals surface area contributed by atoms with Gasteiger partial charge in [0.15, 0.2) is 5.76 Å². The van der Waals surface area contributed by atoms with E-state index < -0.39 is 5.82 Å². The molecule has 0 bridgehead atoms. The average Bonchev–Trinajstić information content (AvgIpc) is 3.31. The van der Waals surface area contributed by atoms with Gasteiger partial charge in [-0.05, 0) is 12.1 Å². The van der Waals surface area contributed by atoms with Gasteiger partial charge in [-0.1, -0.05) is 59.4 Å². The molecule has 0 N–H and O–H groups in total. The number of rotatable bonds is 5. The van der Waals surface area contributed by atoms with Crippen LogP contribution >= 0.6 is 11.8 Å². The summed E-state index contributed by atoms with van der Waals surface area (Å²) in [5.41, 5.74) is 2.01. The lowest BCUT2D eigenvalue weighted by Crippen LogP contribution is -1.82. The van der Waals surface area contributed by atoms with Crippen LogP contribution in [0.5, 0.6) is 0 Å². The van der Waals surface area contributed by atoms with Crippen LogP contribution in [0.2, 0.25) is 0 Å². The van der Waals surface area contributed by atoms with Gasteiger partial charge in [-0.25, -0.2) is 4.39 Å². The van der Waals surface area contributed by atoms with Gasteiger partial charge in [-0.2, -0.15) is 0 Å². The minimum atomic E-state index is -0.397. The molecule has 0 saturated heterocycles. The summed E-state index contributed by atoms with van der Waals surface area (Å²) in [6.45, 7) is 0. The minimum absolute atomic E-state index is 0.158. The predicted octanol–water partition coefficient (Wildman–Crippen LogP) is 4.82. The summed E-state index contributed by atoms with van der Waals surface area (Å²) >= 11 is 1.32. The molecule has 0 radical (unpaired) electrons. The van der Waals surface area contributed by atoms with Crippen molar-refractivity contribution in [1.82, 2.24) is 15.4 Å². The van der Waals surface area contributed by atoms with E-state index in [0.29, 0.717) is 16.7 Å². The van der Waals surface area contributed by atoms with Crippen molar-refractivity contribution >= 4 is 11.8 Å². The van der Waals surface area contributed by atoms with E-state index in [0.717, 1.165) is 11.3 Å². The molecule has 2 heterocycles. The maximum atomic E-state index is 13.7. The first-order valence-corrected chi connectivity index (χ1v) is 8.50. The zero-order valence-electron chi connectivity index (χ0n) is 12.9. The Morgan fingerprint density at radius 2 is 1.76 bits per heavy atom. The summed E-state index contributed by atoms with van der Waals surface area (Å²) in [7, 11) is 0. The summed E-state index contributed by atoms with van der Waals surface area (Å²) in [5.74, 6) is 0.973. The minimum Gasteiger partial charge on any atom is -0.411 e. The fraction of sp³-hybridized carbons (Fsp3) is 0.0556. The Morgan fingerprint density at radius 1 is 0.960 bits per heavy atom. The van der Waals surface area contributed by atoms with E-state index in [1.807, 2.05) is 36.4 Å². The van der Waals surface area contributed by atoms with E-state index in [9.17, 15) is 4.39 Å². The first kappa shape index (κ1) is 15.6. The third kappa shape index (κ3) is 3.46. The molecule has 0 aliphatic rings. The standard InChI is InChI=1S/C18H12FN3O2S/c19-15-9-5-4-8-14(15)17-20-21-18(23-17)25-11-13-10-16(24-22-13)12-6-2-1-3-7-12/h1-10H,11H2. The monoisotopic (exact) mass is 353 g/mol. The molecule has 0 amide bonds. The SMILES string of the molecule is Fc1ccccc1-c1nnc(SCc2cc(-c3ccccc3)on2)o1. The predicted molar refractivity (Wildman–Crippen MR) is 91.2 cm³/mol. The molecule has 0 unspecified atom stereocenters. The largest absolute Gasteiger partial charge is 0.411 e. The van der Waals surface area contributed by atoms with Crippen LogP contribution in [0.1, 0.15) is 5.69 Å². The first-order chi connectivity index (χ1) is 12.3. The Bertz CT molecular complexity index is 985. The molecule has 25 heavy (non-hydrogen) atoms. The van der Waals surface area contributed by atoms with E-state index in [2.05, 4.69) is 15.4 Å². The van der Waals surface area contributed by atoms with E-state index in [-0.39, 0.29) is 11.5 Å². The Hall–Kier alpha value is -2.93. The highest BCUT2D eigenvalue weighted by atomic mass is 32.2. The third-order valence-electron chi connectivity index (χ3n) is 3.47. The molecule has 2 aromatic heterocycles. The smallest absolute Gasteiger partial charge is 0.277 e. The van der Waals surface area contributed by atoms with Gasteiger partial charge in [0.2, 0.25) is 0 Å². The topological polar surface area (TPSA) is 65.0 Å². The van der Waals surface area contributed by atoms with Crippen LogP contribution in [0, 0.1) is 5.82 Å². The first-order valence-electron chi connectivity index (χ1n) is 7.52. The summed E-state index contributed by atoms with van der Waals surface area (Å²) in [6, 6.07) is 17.9. The van der Waals surface area contributed by atoms with Gasteiger partial charge >= 0.3 is 0 Å². The van der Waals surface area contributed by atoms with Crippen molar-refractivity contribution in [3.63, 3.8) is 0 Å². The summed E-state index contributed by atoms with van der Waals surface area (Å²) in [5, 5.41) is 12.2. The van der Waals surface area contributed by atoms with Crippen molar-refractivity contribution in [2.24, 2.45) is 0 Å². The second kappa shape index (κ2) is 6.90. The molecule has 5 nitrogen and oxygen atoms in total. The van der Waals surface area contributed by atoms with Gasteiger partial charge in [0.05, 0.1) is 11.3 Å². The molecule has 2 aromatic carbocycles. The van der Waals surface area contributed by atoms with E-state index in [1.54, 1.807) is 18.2 Å². The Labute approximate surface area is 146 Å². The average molecular weight is 353 g/mol. The van der Waals surface area contributed by atoms with Gasteiger partial charge in [-0.15, -0.1) is 10.2 Å². The van der Waals surface area contributed by atoms with Crippen LogP contribution in [0.4, 0.5) is 4.39 Å². The molecule has 0 saturated carbocycles. The maximum absolute atomic E-state index is 13.7. The fourth-order valence-electron chi connectivity index (χ4n) is 2.27. The second-order valence-electron chi connectivity index (χ2n) is 5.19. The summed E-state index contributed by atoms with van der Waals surface area (Å²) in [6.07, 6.45) is 0. The molecular weight excluding hydrogens is 341 g/mol. The summed E-state index contributed by atoms with van der Waals surface area (Å²) in [4.78, 5) is 0. The quantitative estimate of drug-likeness (QED) is 0.479. The molecule has 0 fully saturated rings. The number of thioether (sulfide) groups is 1. The van der Waals surface area contributed by atoms with Gasteiger partial charge in [0.1, 0.15) is 5.82 Å². The van der Waals surface area contributed by atoms with Crippen LogP contribution in [0.3, 0.4) is 0 Å². The van der Waals surface area contributed by atoms with Crippen molar-refractivity contribution in [3.05, 3.63) is 72.2 Å². The van der Waals surface area contributed by atoms with Crippen molar-refractivity contribution < 1.29 is 13.3 Å². The van der Waals surface area contributed by atoms with Crippen LogP contribution in [-0.2, 0) is 5.75 Å². The molecule has 4 rings (SSSR count). The van der Waals surface area contributed by atoms with E-state index in [1.165, 1.54) is 17.8 Å². The number of hydrogen-bond donors (Lipinski definition) is 0. The molecule has 4 aromatic rings. The number of nitrogens with zero attached hydrogens (tertiary/aromatic N) is 3. The van der Waals surface area contributed by atoms with Crippen molar-refractivity contribution in [2.75, 3.05) is 0 Å². The third-order valence-corrected chi connectivity index (χ3v) is 4.32. The van der Waals surface area contributed by atoms with E-state index in [4.69, 9.17) is 8.94 Å². The van der Waals surface area contributed by atoms with E-state index >= 15 is 0 Å². The zero-order chi connectivity index (χ0) is 17.1. The molecule has 0 spiro atoms. The Balaban J connectivity index is 1.44. The number of halogens is 1. The Morgan fingerprint density at radius 3 is 2.60 bits per heavy atom. The van der Waals surface area contributed by atoms with Gasteiger partial charge in [0.25, 0.3) is 11.1 Å². The molecule has 0 aliphatic carbocycles. The molecular formula is C18H12FN3O2S. The van der Waals surface area contributed by atoms with Crippen LogP contribution in [0.25, 0.3) is 22.8 Å². The highest BCUT2D eigenvalue weighted by Gasteiger charge is 2.14. The lowest BCUT2D eigenvalue weighted by Gasteiger charge is -1.95. The summed E-state index contributed by atoms with van der Waals surface area (Å²) < 4.78 is 24.6. The molecule has 0 aliphatic heterocycles. The number of benzene rings is 2. The maximum Gasteiger partial charge on any atom is 0.277 e. The number of hydrogen-bond acceptors (Lipinski definition) is 6. The normalized spacial score (nSPS) is 10.9. The molecule has 7 heteroatoms. The Kier molecular flexibility index (Phi) is 4.30. The number of aromatic nitrogens is 3. The molecule has 124 valence electrons.